The van der Waals surface area contributed by atoms with E-state index in [1.807, 2.05) is 12.1 Å². The van der Waals surface area contributed by atoms with Crippen LogP contribution in [0.4, 0.5) is 17.6 Å². The van der Waals surface area contributed by atoms with E-state index in [0.717, 1.165) is 18.4 Å². The number of terminal acetylenes is 1. The lowest BCUT2D eigenvalue weighted by Gasteiger charge is -2.12. The summed E-state index contributed by atoms with van der Waals surface area (Å²) in [7, 11) is 1.21. The van der Waals surface area contributed by atoms with Crippen LogP contribution in [0.15, 0.2) is 36.5 Å². The summed E-state index contributed by atoms with van der Waals surface area (Å²) >= 11 is 0. The molecule has 0 aliphatic heterocycles. The lowest BCUT2D eigenvalue weighted by atomic mass is 10.1. The maximum absolute atomic E-state index is 13.1. The zero-order valence-corrected chi connectivity index (χ0v) is 17.1. The first kappa shape index (κ1) is 22.6. The van der Waals surface area contributed by atoms with E-state index in [9.17, 15) is 17.6 Å². The van der Waals surface area contributed by atoms with Crippen LogP contribution in [0, 0.1) is 24.6 Å². The zero-order valence-electron chi connectivity index (χ0n) is 17.1. The van der Waals surface area contributed by atoms with Gasteiger partial charge < -0.3 is 4.74 Å². The molecule has 2 aliphatic rings. The highest BCUT2D eigenvalue weighted by atomic mass is 19.4. The third-order valence-corrected chi connectivity index (χ3v) is 5.21. The second-order valence-electron chi connectivity index (χ2n) is 7.51. The van der Waals surface area contributed by atoms with Gasteiger partial charge >= 0.3 is 6.18 Å². The fraction of sp³-hybridized carbons (Fsp3) is 0.391. The predicted molar refractivity (Wildman–Crippen MR) is 109 cm³/mol. The minimum absolute atomic E-state index is 0.0370. The Morgan fingerprint density at radius 2 is 1.74 bits per heavy atom. The highest BCUT2D eigenvalue weighted by Crippen LogP contribution is 2.41. The second kappa shape index (κ2) is 9.38. The average Bonchev–Trinajstić information content (AvgIpc) is 3.68. The van der Waals surface area contributed by atoms with Crippen molar-refractivity contribution in [1.82, 2.24) is 14.6 Å². The van der Waals surface area contributed by atoms with Crippen molar-refractivity contribution in [3.05, 3.63) is 59.3 Å². The van der Waals surface area contributed by atoms with Gasteiger partial charge in [-0.25, -0.2) is 4.39 Å². The Morgan fingerprint density at radius 3 is 2.29 bits per heavy atom. The van der Waals surface area contributed by atoms with Crippen molar-refractivity contribution in [2.24, 2.45) is 5.92 Å². The van der Waals surface area contributed by atoms with Crippen LogP contribution < -0.4 is 4.74 Å². The lowest BCUT2D eigenvalue weighted by Crippen LogP contribution is -2.10. The number of halogens is 4. The van der Waals surface area contributed by atoms with Gasteiger partial charge in [0.25, 0.3) is 0 Å². The van der Waals surface area contributed by atoms with E-state index in [1.165, 1.54) is 42.7 Å². The molecule has 0 amide bonds. The number of ether oxygens (including phenoxy) is 1. The highest BCUT2D eigenvalue weighted by molar-refractivity contribution is 5.56. The Bertz CT molecular complexity index is 1050. The minimum atomic E-state index is -4.52. The molecule has 0 unspecified atom stereocenters. The van der Waals surface area contributed by atoms with E-state index in [-0.39, 0.29) is 17.2 Å². The molecule has 164 valence electrons. The number of hydrogen-bond donors (Lipinski definition) is 0. The van der Waals surface area contributed by atoms with Crippen molar-refractivity contribution in [3.63, 3.8) is 0 Å². The van der Waals surface area contributed by atoms with Gasteiger partial charge in [0.05, 0.1) is 7.11 Å². The summed E-state index contributed by atoms with van der Waals surface area (Å²) in [6.45, 7) is 0. The Hall–Kier alpha value is -3.08. The Morgan fingerprint density at radius 1 is 1.06 bits per heavy atom. The number of alkyl halides is 3. The maximum Gasteiger partial charge on any atom is 0.423 e. The molecule has 2 fully saturated rings. The minimum Gasteiger partial charge on any atom is -0.496 e. The molecule has 2 aliphatic carbocycles. The first-order valence-electron chi connectivity index (χ1n) is 9.94. The van der Waals surface area contributed by atoms with Gasteiger partial charge in [-0.05, 0) is 55.2 Å². The lowest BCUT2D eigenvalue weighted by molar-refractivity contribution is -0.137. The van der Waals surface area contributed by atoms with E-state index in [1.54, 1.807) is 6.07 Å². The van der Waals surface area contributed by atoms with Crippen molar-refractivity contribution < 1.29 is 22.3 Å². The molecule has 31 heavy (non-hydrogen) atoms. The molecule has 2 saturated carbocycles. The standard InChI is InChI=1S/C12H12F3N3O.C9H9F.C2H2/c1-19-8-4-5-18-9(6-7-2-3-7)16-17-11(18)10(8)12(13,14)15;10-9-4-2-1-3-8(9)7-5-6-7;1-2/h4-5,7H,2-3,6H2,1H3;1-4,7H,5-6H2;1-2H. The van der Waals surface area contributed by atoms with Crippen LogP contribution in [0.25, 0.3) is 5.65 Å². The zero-order chi connectivity index (χ0) is 22.6. The molecule has 8 heteroatoms. The third kappa shape index (κ3) is 5.35. The van der Waals surface area contributed by atoms with Crippen LogP contribution in [-0.4, -0.2) is 21.7 Å². The number of nitrogens with zero attached hydrogens (tertiary/aromatic N) is 3. The van der Waals surface area contributed by atoms with Gasteiger partial charge in [-0.2, -0.15) is 13.2 Å². The van der Waals surface area contributed by atoms with E-state index in [4.69, 9.17) is 4.74 Å². The van der Waals surface area contributed by atoms with Gasteiger partial charge in [-0.15, -0.1) is 23.0 Å². The van der Waals surface area contributed by atoms with Crippen molar-refractivity contribution in [3.8, 4) is 18.6 Å². The number of pyridine rings is 1. The summed E-state index contributed by atoms with van der Waals surface area (Å²) < 4.78 is 58.3. The van der Waals surface area contributed by atoms with E-state index < -0.39 is 11.7 Å². The summed E-state index contributed by atoms with van der Waals surface area (Å²) in [6.07, 6.45) is 10.2. The summed E-state index contributed by atoms with van der Waals surface area (Å²) in [5.74, 6) is 1.37. The van der Waals surface area contributed by atoms with Gasteiger partial charge in [-0.3, -0.25) is 4.40 Å². The normalized spacial score (nSPS) is 15.5. The van der Waals surface area contributed by atoms with Gasteiger partial charge in [-0.1, -0.05) is 18.2 Å². The molecule has 0 radical (unpaired) electrons. The van der Waals surface area contributed by atoms with Gasteiger partial charge in [0.15, 0.2) is 5.65 Å². The molecule has 4 nitrogen and oxygen atoms in total. The van der Waals surface area contributed by atoms with Crippen molar-refractivity contribution in [2.75, 3.05) is 7.11 Å². The highest BCUT2D eigenvalue weighted by Gasteiger charge is 2.38. The topological polar surface area (TPSA) is 39.4 Å². The number of benzene rings is 1. The monoisotopic (exact) mass is 433 g/mol. The van der Waals surface area contributed by atoms with Crippen LogP contribution in [0.2, 0.25) is 0 Å². The van der Waals surface area contributed by atoms with Crippen LogP contribution >= 0.6 is 0 Å². The fourth-order valence-corrected chi connectivity index (χ4v) is 3.34. The number of methoxy groups -OCH3 is 1. The largest absolute Gasteiger partial charge is 0.496 e. The van der Waals surface area contributed by atoms with E-state index in [2.05, 4.69) is 23.0 Å². The molecule has 0 N–H and O–H groups in total. The molecule has 2 aromatic heterocycles. The summed E-state index contributed by atoms with van der Waals surface area (Å²) in [4.78, 5) is 0. The van der Waals surface area contributed by atoms with Gasteiger partial charge in [0.2, 0.25) is 0 Å². The van der Waals surface area contributed by atoms with E-state index >= 15 is 0 Å². The molecule has 0 atom stereocenters. The molecule has 0 spiro atoms. The predicted octanol–water partition coefficient (Wildman–Crippen LogP) is 5.66. The summed E-state index contributed by atoms with van der Waals surface area (Å²) in [5.41, 5.74) is -0.156. The molecule has 0 saturated heterocycles. The molecule has 2 heterocycles. The molecular formula is C23H23F4N3O. The average molecular weight is 433 g/mol. The summed E-state index contributed by atoms with van der Waals surface area (Å²) in [6, 6.07) is 8.36. The van der Waals surface area contributed by atoms with Gasteiger partial charge in [0, 0.05) is 12.6 Å². The molecule has 1 aromatic carbocycles. The number of hydrogen-bond acceptors (Lipinski definition) is 3. The molecule has 5 rings (SSSR count). The second-order valence-corrected chi connectivity index (χ2v) is 7.51. The number of aromatic nitrogens is 3. The van der Waals surface area contributed by atoms with E-state index in [0.29, 0.717) is 24.1 Å². The first-order valence-corrected chi connectivity index (χ1v) is 9.94. The maximum atomic E-state index is 13.1. The SMILES string of the molecule is C#C.COc1ccn2c(CC3CC3)nnc2c1C(F)(F)F.Fc1ccccc1C1CC1. The van der Waals surface area contributed by atoms with Crippen LogP contribution in [-0.2, 0) is 12.6 Å². The first-order chi connectivity index (χ1) is 14.9. The quantitative estimate of drug-likeness (QED) is 0.394. The van der Waals surface area contributed by atoms with Crippen molar-refractivity contribution in [1.29, 1.82) is 0 Å². The van der Waals surface area contributed by atoms with Crippen LogP contribution in [0.1, 0.15) is 48.6 Å². The van der Waals surface area contributed by atoms with Crippen molar-refractivity contribution in [2.45, 2.75) is 44.2 Å². The van der Waals surface area contributed by atoms with Crippen LogP contribution in [0.5, 0.6) is 5.75 Å². The Balaban J connectivity index is 0.000000190. The number of fused-ring (bicyclic) bond motifs is 1. The Kier molecular flexibility index (Phi) is 6.84. The number of rotatable bonds is 4. The summed E-state index contributed by atoms with van der Waals surface area (Å²) in [5, 5.41) is 7.57. The third-order valence-electron chi connectivity index (χ3n) is 5.21. The van der Waals surface area contributed by atoms with Crippen molar-refractivity contribution >= 4 is 5.65 Å². The van der Waals surface area contributed by atoms with Crippen LogP contribution in [0.3, 0.4) is 0 Å². The van der Waals surface area contributed by atoms with Gasteiger partial charge in [0.1, 0.15) is 23.0 Å². The molecule has 3 aromatic rings. The fourth-order valence-electron chi connectivity index (χ4n) is 3.34. The smallest absolute Gasteiger partial charge is 0.423 e. The molecular weight excluding hydrogens is 410 g/mol. The Labute approximate surface area is 178 Å². The molecule has 0 bridgehead atoms.